The summed E-state index contributed by atoms with van der Waals surface area (Å²) in [5.74, 6) is 1.98. The van der Waals surface area contributed by atoms with Crippen LogP contribution in [0.5, 0.6) is 11.5 Å². The van der Waals surface area contributed by atoms with Crippen LogP contribution in [-0.2, 0) is 0 Å². The molecule has 0 N–H and O–H groups in total. The summed E-state index contributed by atoms with van der Waals surface area (Å²) in [5, 5.41) is 15.0. The van der Waals surface area contributed by atoms with Crippen molar-refractivity contribution in [2.45, 2.75) is 9.79 Å². The minimum Gasteiger partial charge on any atom is -0.497 e. The first-order valence-corrected chi connectivity index (χ1v) is 9.98. The number of aromatic nitrogens is 2. The Hall–Kier alpha value is -3.85. The van der Waals surface area contributed by atoms with Crippen molar-refractivity contribution >= 4 is 17.4 Å². The Bertz CT molecular complexity index is 1220. The smallest absolute Gasteiger partial charge is 0.269 e. The highest BCUT2D eigenvalue weighted by Crippen LogP contribution is 2.38. The lowest BCUT2D eigenvalue weighted by Gasteiger charge is -2.07. The van der Waals surface area contributed by atoms with E-state index in [1.807, 2.05) is 24.3 Å². The topological polar surface area (TPSA) is 101 Å². The summed E-state index contributed by atoms with van der Waals surface area (Å²) in [6.45, 7) is 0. The van der Waals surface area contributed by atoms with Crippen LogP contribution in [0, 0.1) is 10.1 Å². The molecule has 156 valence electrons. The number of non-ortho nitro benzene ring substituents is 1. The van der Waals surface area contributed by atoms with Gasteiger partial charge in [0.05, 0.1) is 30.3 Å². The highest BCUT2D eigenvalue weighted by molar-refractivity contribution is 7.99. The molecule has 0 saturated heterocycles. The molecule has 0 fully saturated rings. The summed E-state index contributed by atoms with van der Waals surface area (Å²) in [7, 11) is 3.15. The maximum Gasteiger partial charge on any atom is 0.269 e. The fourth-order valence-corrected chi connectivity index (χ4v) is 3.86. The van der Waals surface area contributed by atoms with Crippen LogP contribution >= 0.6 is 11.8 Å². The van der Waals surface area contributed by atoms with Crippen molar-refractivity contribution < 1.29 is 18.9 Å². The zero-order valence-electron chi connectivity index (χ0n) is 16.6. The molecular weight excluding hydrogens is 418 g/mol. The molecule has 0 aliphatic carbocycles. The lowest BCUT2D eigenvalue weighted by molar-refractivity contribution is -0.384. The number of ether oxygens (including phenoxy) is 2. The zero-order chi connectivity index (χ0) is 21.8. The fraction of sp³-hybridized carbons (Fsp3) is 0.0909. The molecular formula is C22H17N3O5S. The van der Waals surface area contributed by atoms with Crippen LogP contribution in [-0.4, -0.2) is 29.3 Å². The van der Waals surface area contributed by atoms with Crippen LogP contribution < -0.4 is 9.47 Å². The van der Waals surface area contributed by atoms with Gasteiger partial charge in [-0.1, -0.05) is 29.1 Å². The summed E-state index contributed by atoms with van der Waals surface area (Å²) in [6.07, 6.45) is 0. The zero-order valence-corrected chi connectivity index (χ0v) is 17.5. The molecule has 1 heterocycles. The Morgan fingerprint density at radius 3 is 2.45 bits per heavy atom. The maximum atomic E-state index is 10.9. The van der Waals surface area contributed by atoms with Crippen molar-refractivity contribution in [3.05, 3.63) is 76.8 Å². The van der Waals surface area contributed by atoms with E-state index >= 15 is 0 Å². The number of benzene rings is 3. The van der Waals surface area contributed by atoms with Crippen LogP contribution in [0.2, 0.25) is 0 Å². The first kappa shape index (κ1) is 20.4. The Morgan fingerprint density at radius 1 is 0.968 bits per heavy atom. The van der Waals surface area contributed by atoms with Gasteiger partial charge < -0.3 is 14.0 Å². The molecule has 0 spiro atoms. The van der Waals surface area contributed by atoms with Crippen molar-refractivity contribution in [1.82, 2.24) is 10.1 Å². The minimum absolute atomic E-state index is 0.0476. The summed E-state index contributed by atoms with van der Waals surface area (Å²) >= 11 is 1.45. The lowest BCUT2D eigenvalue weighted by Crippen LogP contribution is -1.91. The number of nitrogens with zero attached hydrogens (tertiary/aromatic N) is 3. The van der Waals surface area contributed by atoms with E-state index in [-0.39, 0.29) is 5.69 Å². The van der Waals surface area contributed by atoms with Gasteiger partial charge in [-0.25, -0.2) is 0 Å². The molecule has 0 amide bonds. The minimum atomic E-state index is -0.421. The largest absolute Gasteiger partial charge is 0.497 e. The molecule has 8 nitrogen and oxygen atoms in total. The fourth-order valence-electron chi connectivity index (χ4n) is 2.93. The van der Waals surface area contributed by atoms with E-state index in [1.54, 1.807) is 44.6 Å². The third kappa shape index (κ3) is 4.36. The average molecular weight is 435 g/mol. The summed E-state index contributed by atoms with van der Waals surface area (Å²) in [6, 6.07) is 19.3. The van der Waals surface area contributed by atoms with E-state index in [9.17, 15) is 10.1 Å². The predicted molar refractivity (Wildman–Crippen MR) is 115 cm³/mol. The molecule has 0 saturated carbocycles. The van der Waals surface area contributed by atoms with Crippen molar-refractivity contribution in [3.8, 4) is 34.3 Å². The molecule has 4 aromatic rings. The Kier molecular flexibility index (Phi) is 5.85. The Morgan fingerprint density at radius 2 is 1.74 bits per heavy atom. The molecule has 0 aliphatic rings. The van der Waals surface area contributed by atoms with Gasteiger partial charge in [0.2, 0.25) is 5.82 Å². The van der Waals surface area contributed by atoms with Crippen molar-refractivity contribution in [3.63, 3.8) is 0 Å². The molecule has 3 aromatic carbocycles. The van der Waals surface area contributed by atoms with E-state index in [2.05, 4.69) is 10.1 Å². The van der Waals surface area contributed by atoms with Gasteiger partial charge in [-0.15, -0.1) is 0 Å². The summed E-state index contributed by atoms with van der Waals surface area (Å²) in [4.78, 5) is 16.7. The van der Waals surface area contributed by atoms with Crippen LogP contribution in [0.25, 0.3) is 22.8 Å². The monoisotopic (exact) mass is 435 g/mol. The van der Waals surface area contributed by atoms with Crippen LogP contribution in [0.1, 0.15) is 0 Å². The molecule has 1 aromatic heterocycles. The first-order valence-electron chi connectivity index (χ1n) is 9.17. The van der Waals surface area contributed by atoms with Crippen LogP contribution in [0.15, 0.2) is 81.0 Å². The third-order valence-electron chi connectivity index (χ3n) is 4.47. The van der Waals surface area contributed by atoms with Gasteiger partial charge in [0, 0.05) is 21.9 Å². The van der Waals surface area contributed by atoms with Gasteiger partial charge in [0.1, 0.15) is 11.5 Å². The van der Waals surface area contributed by atoms with Gasteiger partial charge in [0.15, 0.2) is 0 Å². The predicted octanol–water partition coefficient (Wildman–Crippen LogP) is 5.48. The maximum absolute atomic E-state index is 10.9. The van der Waals surface area contributed by atoms with Crippen molar-refractivity contribution in [2.75, 3.05) is 14.2 Å². The molecule has 9 heteroatoms. The Labute approximate surface area is 182 Å². The average Bonchev–Trinajstić information content (AvgIpc) is 3.29. The summed E-state index contributed by atoms with van der Waals surface area (Å²) < 4.78 is 16.2. The van der Waals surface area contributed by atoms with E-state index in [0.29, 0.717) is 28.8 Å². The van der Waals surface area contributed by atoms with Crippen molar-refractivity contribution in [1.29, 1.82) is 0 Å². The number of nitro groups is 1. The SMILES string of the molecule is COc1ccc(OC)c(-c2noc(-c3ccccc3Sc3ccc([N+](=O)[O-])cc3)n2)c1. The molecule has 0 bridgehead atoms. The van der Waals surface area contributed by atoms with E-state index in [1.165, 1.54) is 23.9 Å². The summed E-state index contributed by atoms with van der Waals surface area (Å²) in [5.41, 5.74) is 1.45. The molecule has 0 radical (unpaired) electrons. The number of rotatable bonds is 7. The van der Waals surface area contributed by atoms with Crippen molar-refractivity contribution in [2.24, 2.45) is 0 Å². The second-order valence-electron chi connectivity index (χ2n) is 6.34. The highest BCUT2D eigenvalue weighted by atomic mass is 32.2. The molecule has 0 aliphatic heterocycles. The number of hydrogen-bond donors (Lipinski definition) is 0. The van der Waals surface area contributed by atoms with Gasteiger partial charge in [-0.3, -0.25) is 10.1 Å². The highest BCUT2D eigenvalue weighted by Gasteiger charge is 2.18. The molecule has 0 atom stereocenters. The first-order chi connectivity index (χ1) is 15.1. The van der Waals surface area contributed by atoms with Crippen LogP contribution in [0.4, 0.5) is 5.69 Å². The third-order valence-corrected chi connectivity index (χ3v) is 5.55. The molecule has 0 unspecified atom stereocenters. The van der Waals surface area contributed by atoms with Gasteiger partial charge in [-0.2, -0.15) is 4.98 Å². The Balaban J connectivity index is 1.67. The second kappa shape index (κ2) is 8.88. The van der Waals surface area contributed by atoms with Gasteiger partial charge in [-0.05, 0) is 42.5 Å². The van der Waals surface area contributed by atoms with Crippen LogP contribution in [0.3, 0.4) is 0 Å². The van der Waals surface area contributed by atoms with E-state index in [4.69, 9.17) is 14.0 Å². The van der Waals surface area contributed by atoms with Gasteiger partial charge >= 0.3 is 0 Å². The normalized spacial score (nSPS) is 10.6. The molecule has 4 rings (SSSR count). The van der Waals surface area contributed by atoms with Gasteiger partial charge in [0.25, 0.3) is 11.6 Å². The lowest BCUT2D eigenvalue weighted by atomic mass is 10.1. The number of methoxy groups -OCH3 is 2. The number of hydrogen-bond acceptors (Lipinski definition) is 8. The standard InChI is InChI=1S/C22H17N3O5S/c1-28-15-9-12-19(29-2)18(13-15)21-23-22(30-24-21)17-5-3-4-6-20(17)31-16-10-7-14(8-11-16)25(26)27/h3-13H,1-2H3. The van der Waals surface area contributed by atoms with E-state index < -0.39 is 4.92 Å². The number of nitro benzene ring substituents is 1. The molecule has 31 heavy (non-hydrogen) atoms. The second-order valence-corrected chi connectivity index (χ2v) is 7.45. The quantitative estimate of drug-likeness (QED) is 0.278. The van der Waals surface area contributed by atoms with E-state index in [0.717, 1.165) is 15.4 Å².